The zero-order valence-electron chi connectivity index (χ0n) is 10.2. The smallest absolute Gasteiger partial charge is 0.0639 e. The molecule has 0 aromatic heterocycles. The highest BCUT2D eigenvalue weighted by Crippen LogP contribution is 2.27. The second kappa shape index (κ2) is 6.46. The Bertz CT molecular complexity index is 173. The predicted octanol–water partition coefficient (Wildman–Crippen LogP) is 1.21. The zero-order valence-corrected chi connectivity index (χ0v) is 10.2. The Balaban J connectivity index is 2.55. The summed E-state index contributed by atoms with van der Waals surface area (Å²) in [7, 11) is 0. The summed E-state index contributed by atoms with van der Waals surface area (Å²) in [5, 5.41) is 9.47. The normalized spacial score (nSPS) is 29.4. The summed E-state index contributed by atoms with van der Waals surface area (Å²) in [4.78, 5) is 2.40. The van der Waals surface area contributed by atoms with Gasteiger partial charge < -0.3 is 10.8 Å². The van der Waals surface area contributed by atoms with Crippen molar-refractivity contribution in [3.63, 3.8) is 0 Å². The summed E-state index contributed by atoms with van der Waals surface area (Å²) in [6.45, 7) is 6.64. The molecule has 0 aliphatic heterocycles. The zero-order chi connectivity index (χ0) is 11.3. The van der Waals surface area contributed by atoms with E-state index < -0.39 is 0 Å². The number of hydrogen-bond acceptors (Lipinski definition) is 3. The number of nitrogens with two attached hydrogens (primary N) is 1. The van der Waals surface area contributed by atoms with Crippen LogP contribution >= 0.6 is 0 Å². The average Bonchev–Trinajstić information content (AvgIpc) is 2.25. The number of hydrogen-bond donors (Lipinski definition) is 2. The van der Waals surface area contributed by atoms with E-state index in [1.807, 2.05) is 6.92 Å². The number of rotatable bonds is 5. The summed E-state index contributed by atoms with van der Waals surface area (Å²) < 4.78 is 0. The Morgan fingerprint density at radius 3 is 2.60 bits per heavy atom. The van der Waals surface area contributed by atoms with Crippen LogP contribution in [0.15, 0.2) is 0 Å². The van der Waals surface area contributed by atoms with E-state index in [1.165, 1.54) is 25.7 Å². The molecule has 0 aromatic carbocycles. The molecule has 3 heteroatoms. The summed E-state index contributed by atoms with van der Waals surface area (Å²) in [5.41, 5.74) is 5.83. The van der Waals surface area contributed by atoms with Gasteiger partial charge in [0.25, 0.3) is 0 Å². The van der Waals surface area contributed by atoms with Gasteiger partial charge in [-0.1, -0.05) is 19.8 Å². The Morgan fingerprint density at radius 1 is 1.40 bits per heavy atom. The molecule has 15 heavy (non-hydrogen) atoms. The second-order valence-electron chi connectivity index (χ2n) is 4.78. The molecule has 2 unspecified atom stereocenters. The van der Waals surface area contributed by atoms with Crippen LogP contribution in [0.2, 0.25) is 0 Å². The lowest BCUT2D eigenvalue weighted by Crippen LogP contribution is -2.47. The van der Waals surface area contributed by atoms with Crippen LogP contribution in [0.3, 0.4) is 0 Å². The first-order valence-electron chi connectivity index (χ1n) is 6.31. The lowest BCUT2D eigenvalue weighted by atomic mass is 9.83. The fraction of sp³-hybridized carbons (Fsp3) is 1.00. The van der Waals surface area contributed by atoms with Crippen LogP contribution in [-0.2, 0) is 0 Å². The van der Waals surface area contributed by atoms with Gasteiger partial charge in [-0.25, -0.2) is 0 Å². The number of aliphatic hydroxyl groups excluding tert-OH is 1. The van der Waals surface area contributed by atoms with E-state index in [-0.39, 0.29) is 6.10 Å². The standard InChI is InChI=1S/C12H26N2O/c1-3-14(9-10(2)15)12-7-5-4-6-11(12)8-13/h10-12,15H,3-9,13H2,1-2H3/t10-,11?,12?/m1/s1. The fourth-order valence-electron chi connectivity index (χ4n) is 2.78. The molecule has 0 spiro atoms. The SMILES string of the molecule is CCN(C[C@@H](C)O)C1CCCCC1CN. The molecule has 3 nitrogen and oxygen atoms in total. The van der Waals surface area contributed by atoms with Crippen molar-refractivity contribution < 1.29 is 5.11 Å². The van der Waals surface area contributed by atoms with Gasteiger partial charge in [0.2, 0.25) is 0 Å². The van der Waals surface area contributed by atoms with Crippen LogP contribution in [-0.4, -0.2) is 41.8 Å². The Labute approximate surface area is 93.6 Å². The quantitative estimate of drug-likeness (QED) is 0.723. The van der Waals surface area contributed by atoms with Crippen LogP contribution in [0.4, 0.5) is 0 Å². The summed E-state index contributed by atoms with van der Waals surface area (Å²) >= 11 is 0. The summed E-state index contributed by atoms with van der Waals surface area (Å²) in [5.74, 6) is 0.637. The van der Waals surface area contributed by atoms with E-state index in [9.17, 15) is 5.11 Å². The van der Waals surface area contributed by atoms with Crippen LogP contribution in [0.25, 0.3) is 0 Å². The van der Waals surface area contributed by atoms with Gasteiger partial charge in [0.1, 0.15) is 0 Å². The molecule has 90 valence electrons. The topological polar surface area (TPSA) is 49.5 Å². The largest absolute Gasteiger partial charge is 0.392 e. The minimum absolute atomic E-state index is 0.231. The number of aliphatic hydroxyl groups is 1. The average molecular weight is 214 g/mol. The molecular formula is C12H26N2O. The highest BCUT2D eigenvalue weighted by Gasteiger charge is 2.28. The van der Waals surface area contributed by atoms with Crippen LogP contribution in [0, 0.1) is 5.92 Å². The Kier molecular flexibility index (Phi) is 5.58. The molecule has 0 amide bonds. The van der Waals surface area contributed by atoms with Crippen molar-refractivity contribution in [2.24, 2.45) is 11.7 Å². The molecule has 1 aliphatic rings. The van der Waals surface area contributed by atoms with E-state index in [0.717, 1.165) is 19.6 Å². The lowest BCUT2D eigenvalue weighted by Gasteiger charge is -2.39. The van der Waals surface area contributed by atoms with Crippen LogP contribution < -0.4 is 5.73 Å². The van der Waals surface area contributed by atoms with E-state index in [1.54, 1.807) is 0 Å². The minimum atomic E-state index is -0.231. The van der Waals surface area contributed by atoms with Crippen molar-refractivity contribution in [2.45, 2.75) is 51.7 Å². The van der Waals surface area contributed by atoms with Crippen LogP contribution in [0.5, 0.6) is 0 Å². The van der Waals surface area contributed by atoms with Gasteiger partial charge in [0.05, 0.1) is 6.10 Å². The third-order valence-electron chi connectivity index (χ3n) is 3.55. The van der Waals surface area contributed by atoms with Gasteiger partial charge >= 0.3 is 0 Å². The van der Waals surface area contributed by atoms with E-state index in [4.69, 9.17) is 5.73 Å². The van der Waals surface area contributed by atoms with Gasteiger partial charge in [-0.15, -0.1) is 0 Å². The third kappa shape index (κ3) is 3.74. The highest BCUT2D eigenvalue weighted by atomic mass is 16.3. The van der Waals surface area contributed by atoms with Gasteiger partial charge in [0, 0.05) is 12.6 Å². The first kappa shape index (κ1) is 12.9. The first-order valence-corrected chi connectivity index (χ1v) is 6.31. The fourth-order valence-corrected chi connectivity index (χ4v) is 2.78. The van der Waals surface area contributed by atoms with E-state index in [2.05, 4.69) is 11.8 Å². The predicted molar refractivity (Wildman–Crippen MR) is 63.7 cm³/mol. The molecule has 3 N–H and O–H groups in total. The summed E-state index contributed by atoms with van der Waals surface area (Å²) in [6.07, 6.45) is 4.92. The van der Waals surface area contributed by atoms with E-state index in [0.29, 0.717) is 12.0 Å². The monoisotopic (exact) mass is 214 g/mol. The Morgan fingerprint density at radius 2 is 2.07 bits per heavy atom. The molecule has 0 radical (unpaired) electrons. The maximum Gasteiger partial charge on any atom is 0.0639 e. The molecule has 1 rings (SSSR count). The molecule has 0 bridgehead atoms. The lowest BCUT2D eigenvalue weighted by molar-refractivity contribution is 0.0611. The molecule has 1 saturated carbocycles. The number of nitrogens with zero attached hydrogens (tertiary/aromatic N) is 1. The van der Waals surface area contributed by atoms with E-state index >= 15 is 0 Å². The highest BCUT2D eigenvalue weighted by molar-refractivity contribution is 4.84. The molecule has 0 heterocycles. The summed E-state index contributed by atoms with van der Waals surface area (Å²) in [6, 6.07) is 0.600. The van der Waals surface area contributed by atoms with Crippen molar-refractivity contribution in [3.05, 3.63) is 0 Å². The Hall–Kier alpha value is -0.120. The van der Waals surface area contributed by atoms with Crippen molar-refractivity contribution in [2.75, 3.05) is 19.6 Å². The molecule has 1 fully saturated rings. The van der Waals surface area contributed by atoms with Crippen molar-refractivity contribution in [1.29, 1.82) is 0 Å². The van der Waals surface area contributed by atoms with Gasteiger partial charge in [-0.3, -0.25) is 4.90 Å². The first-order chi connectivity index (χ1) is 7.19. The molecular weight excluding hydrogens is 188 g/mol. The third-order valence-corrected chi connectivity index (χ3v) is 3.55. The second-order valence-corrected chi connectivity index (χ2v) is 4.78. The maximum absolute atomic E-state index is 9.47. The van der Waals surface area contributed by atoms with Crippen molar-refractivity contribution in [1.82, 2.24) is 4.90 Å². The molecule has 0 saturated heterocycles. The molecule has 3 atom stereocenters. The van der Waals surface area contributed by atoms with Gasteiger partial charge in [-0.2, -0.15) is 0 Å². The molecule has 0 aromatic rings. The maximum atomic E-state index is 9.47. The van der Waals surface area contributed by atoms with Crippen molar-refractivity contribution >= 4 is 0 Å². The van der Waals surface area contributed by atoms with Crippen molar-refractivity contribution in [3.8, 4) is 0 Å². The van der Waals surface area contributed by atoms with Gasteiger partial charge in [-0.05, 0) is 38.8 Å². The van der Waals surface area contributed by atoms with Gasteiger partial charge in [0.15, 0.2) is 0 Å². The van der Waals surface area contributed by atoms with Crippen LogP contribution in [0.1, 0.15) is 39.5 Å². The number of likely N-dealkylation sites (N-methyl/N-ethyl adjacent to an activating group) is 1. The minimum Gasteiger partial charge on any atom is -0.392 e. The molecule has 1 aliphatic carbocycles.